The number of hydrogen-bond acceptors (Lipinski definition) is 3. The van der Waals surface area contributed by atoms with E-state index in [0.717, 1.165) is 19.5 Å². The summed E-state index contributed by atoms with van der Waals surface area (Å²) in [7, 11) is 0. The van der Waals surface area contributed by atoms with Crippen LogP contribution in [0.15, 0.2) is 4.99 Å². The quantitative estimate of drug-likeness (QED) is 0.486. The zero-order valence-electron chi connectivity index (χ0n) is 5.21. The van der Waals surface area contributed by atoms with Gasteiger partial charge in [0.05, 0.1) is 6.04 Å². The van der Waals surface area contributed by atoms with Crippen LogP contribution >= 0.6 is 0 Å². The molecule has 2 atom stereocenters. The van der Waals surface area contributed by atoms with Crippen molar-refractivity contribution in [2.75, 3.05) is 13.1 Å². The summed E-state index contributed by atoms with van der Waals surface area (Å²) in [5.41, 5.74) is 0. The smallest absolute Gasteiger partial charge is 0.170 e. The molecule has 1 saturated heterocycles. The van der Waals surface area contributed by atoms with Crippen LogP contribution in [0.3, 0.4) is 0 Å². The van der Waals surface area contributed by atoms with Gasteiger partial charge in [-0.1, -0.05) is 0 Å². The molecule has 0 aromatic carbocycles. The molecule has 0 radical (unpaired) electrons. The van der Waals surface area contributed by atoms with E-state index < -0.39 is 0 Å². The summed E-state index contributed by atoms with van der Waals surface area (Å²) < 4.78 is 5.19. The first-order valence-corrected chi connectivity index (χ1v) is 3.33. The van der Waals surface area contributed by atoms with Crippen molar-refractivity contribution in [2.24, 2.45) is 4.99 Å². The third-order valence-corrected chi connectivity index (χ3v) is 1.81. The van der Waals surface area contributed by atoms with Gasteiger partial charge in [0, 0.05) is 19.5 Å². The van der Waals surface area contributed by atoms with Crippen molar-refractivity contribution < 1.29 is 4.74 Å². The van der Waals surface area contributed by atoms with Crippen LogP contribution in [0, 0.1) is 0 Å². The molecule has 3 nitrogen and oxygen atoms in total. The third kappa shape index (κ3) is 0.920. The Bertz CT molecular complexity index is 135. The van der Waals surface area contributed by atoms with E-state index in [9.17, 15) is 0 Å². The van der Waals surface area contributed by atoms with Gasteiger partial charge in [0.2, 0.25) is 0 Å². The maximum atomic E-state index is 5.19. The Morgan fingerprint density at radius 1 is 1.56 bits per heavy atom. The predicted molar refractivity (Wildman–Crippen MR) is 34.6 cm³/mol. The van der Waals surface area contributed by atoms with Crippen LogP contribution in [-0.4, -0.2) is 31.6 Å². The van der Waals surface area contributed by atoms with Gasteiger partial charge in [-0.3, -0.25) is 4.99 Å². The molecule has 0 saturated carbocycles. The lowest BCUT2D eigenvalue weighted by atomic mass is 10.1. The lowest BCUT2D eigenvalue weighted by molar-refractivity contribution is 0.135. The molecule has 1 N–H and O–H groups in total. The second-order valence-electron chi connectivity index (χ2n) is 2.56. The van der Waals surface area contributed by atoms with Crippen LogP contribution in [0.2, 0.25) is 0 Å². The van der Waals surface area contributed by atoms with Gasteiger partial charge >= 0.3 is 0 Å². The maximum absolute atomic E-state index is 5.19. The van der Waals surface area contributed by atoms with Gasteiger partial charge in [-0.2, -0.15) is 0 Å². The van der Waals surface area contributed by atoms with E-state index in [0.29, 0.717) is 12.1 Å². The summed E-state index contributed by atoms with van der Waals surface area (Å²) in [4.78, 5) is 4.14. The molecule has 9 heavy (non-hydrogen) atoms. The van der Waals surface area contributed by atoms with Crippen molar-refractivity contribution in [3.05, 3.63) is 0 Å². The first-order chi connectivity index (χ1) is 4.45. The lowest BCUT2D eigenvalue weighted by Crippen LogP contribution is -2.45. The number of rotatable bonds is 0. The molecule has 2 heterocycles. The van der Waals surface area contributed by atoms with Crippen molar-refractivity contribution in [1.82, 2.24) is 5.32 Å². The van der Waals surface area contributed by atoms with Crippen LogP contribution in [0.25, 0.3) is 0 Å². The van der Waals surface area contributed by atoms with Gasteiger partial charge < -0.3 is 10.1 Å². The Hall–Kier alpha value is -0.570. The highest BCUT2D eigenvalue weighted by atomic mass is 16.5. The summed E-state index contributed by atoms with van der Waals surface area (Å²) in [5.74, 6) is 0. The Kier molecular flexibility index (Phi) is 1.16. The predicted octanol–water partition coefficient (Wildman–Crippen LogP) is -0.225. The molecular formula is C6H10N2O. The Morgan fingerprint density at radius 3 is 3.33 bits per heavy atom. The topological polar surface area (TPSA) is 33.6 Å². The molecule has 1 fully saturated rings. The molecule has 0 aliphatic carbocycles. The maximum Gasteiger partial charge on any atom is 0.170 e. The second kappa shape index (κ2) is 1.99. The molecule has 3 heteroatoms. The number of piperidine rings is 1. The molecule has 2 aliphatic rings. The number of fused-ring (bicyclic) bond motifs is 2. The summed E-state index contributed by atoms with van der Waals surface area (Å²) >= 11 is 0. The number of aliphatic imine (C=N–C) groups is 1. The normalized spacial score (nSPS) is 40.0. The van der Waals surface area contributed by atoms with E-state index in [-0.39, 0.29) is 0 Å². The van der Waals surface area contributed by atoms with E-state index >= 15 is 0 Å². The summed E-state index contributed by atoms with van der Waals surface area (Å²) in [6, 6.07) is 0.484. The van der Waals surface area contributed by atoms with Gasteiger partial charge in [-0.05, 0) is 0 Å². The van der Waals surface area contributed by atoms with Gasteiger partial charge in [0.15, 0.2) is 6.40 Å². The monoisotopic (exact) mass is 126 g/mol. The highest BCUT2D eigenvalue weighted by Crippen LogP contribution is 2.12. The highest BCUT2D eigenvalue weighted by Gasteiger charge is 2.23. The first-order valence-electron chi connectivity index (χ1n) is 3.33. The molecule has 50 valence electrons. The molecule has 0 aromatic rings. The van der Waals surface area contributed by atoms with Gasteiger partial charge in [0.25, 0.3) is 0 Å². The number of ether oxygens (including phenoxy) is 1. The van der Waals surface area contributed by atoms with E-state index in [1.54, 1.807) is 6.40 Å². The zero-order chi connectivity index (χ0) is 6.10. The Labute approximate surface area is 54.1 Å². The van der Waals surface area contributed by atoms with Gasteiger partial charge in [-0.15, -0.1) is 0 Å². The molecule has 2 rings (SSSR count). The second-order valence-corrected chi connectivity index (χ2v) is 2.56. The molecular weight excluding hydrogens is 116 g/mol. The molecule has 0 amide bonds. The summed E-state index contributed by atoms with van der Waals surface area (Å²) in [6.45, 7) is 2.01. The Morgan fingerprint density at radius 2 is 2.56 bits per heavy atom. The lowest BCUT2D eigenvalue weighted by Gasteiger charge is -2.30. The van der Waals surface area contributed by atoms with Crippen LogP contribution in [0.5, 0.6) is 0 Å². The van der Waals surface area contributed by atoms with Crippen LogP contribution in [0.1, 0.15) is 6.42 Å². The van der Waals surface area contributed by atoms with Crippen molar-refractivity contribution in [3.63, 3.8) is 0 Å². The van der Waals surface area contributed by atoms with E-state index in [1.165, 1.54) is 0 Å². The fourth-order valence-electron chi connectivity index (χ4n) is 1.31. The average Bonchev–Trinajstić information content (AvgIpc) is 1.88. The van der Waals surface area contributed by atoms with Crippen molar-refractivity contribution in [2.45, 2.75) is 18.6 Å². The van der Waals surface area contributed by atoms with Crippen molar-refractivity contribution in [1.29, 1.82) is 0 Å². The van der Waals surface area contributed by atoms with E-state index in [2.05, 4.69) is 10.3 Å². The van der Waals surface area contributed by atoms with Gasteiger partial charge in [-0.25, -0.2) is 0 Å². The number of nitrogens with one attached hydrogen (secondary N) is 1. The van der Waals surface area contributed by atoms with Crippen LogP contribution in [0.4, 0.5) is 0 Å². The average molecular weight is 126 g/mol. The fourth-order valence-corrected chi connectivity index (χ4v) is 1.31. The third-order valence-electron chi connectivity index (χ3n) is 1.81. The van der Waals surface area contributed by atoms with Crippen molar-refractivity contribution >= 4 is 6.40 Å². The first kappa shape index (κ1) is 5.23. The minimum absolute atomic E-state index is 0.390. The number of nitrogens with zero attached hydrogens (tertiary/aromatic N) is 1. The van der Waals surface area contributed by atoms with Crippen LogP contribution < -0.4 is 5.32 Å². The van der Waals surface area contributed by atoms with Gasteiger partial charge in [0.1, 0.15) is 6.10 Å². The zero-order valence-corrected chi connectivity index (χ0v) is 5.21. The van der Waals surface area contributed by atoms with E-state index in [4.69, 9.17) is 4.74 Å². The Balaban J connectivity index is 2.09. The standard InChI is InChI=1S/C6H10N2O/c1-5-2-7-3-6(1)9-4-8-5/h4-7H,1-3H2. The molecule has 2 aliphatic heterocycles. The molecule has 2 unspecified atom stereocenters. The largest absolute Gasteiger partial charge is 0.479 e. The minimum atomic E-state index is 0.390. The van der Waals surface area contributed by atoms with Crippen molar-refractivity contribution in [3.8, 4) is 0 Å². The fraction of sp³-hybridized carbons (Fsp3) is 0.833. The summed E-state index contributed by atoms with van der Waals surface area (Å²) in [6.07, 6.45) is 3.09. The minimum Gasteiger partial charge on any atom is -0.479 e. The molecule has 0 aromatic heterocycles. The molecule has 0 spiro atoms. The SMILES string of the molecule is C1=NC2CNCC(C2)O1. The van der Waals surface area contributed by atoms with Crippen LogP contribution in [-0.2, 0) is 4.74 Å². The van der Waals surface area contributed by atoms with E-state index in [1.807, 2.05) is 0 Å². The summed E-state index contributed by atoms with van der Waals surface area (Å²) in [5, 5.41) is 3.25. The molecule has 2 bridgehead atoms. The number of hydrogen-bond donors (Lipinski definition) is 1. The highest BCUT2D eigenvalue weighted by molar-refractivity contribution is 5.48.